The summed E-state index contributed by atoms with van der Waals surface area (Å²) < 4.78 is 1.75. The SMILES string of the molecule is Nc1cnn(CCNC(=O)C2CCCCC2)c1. The number of amides is 1. The molecule has 0 aliphatic heterocycles. The lowest BCUT2D eigenvalue weighted by molar-refractivity contribution is -0.125. The van der Waals surface area contributed by atoms with Gasteiger partial charge in [-0.15, -0.1) is 0 Å². The van der Waals surface area contributed by atoms with Gasteiger partial charge < -0.3 is 11.1 Å². The molecular formula is C12H20N4O. The molecule has 0 radical (unpaired) electrons. The molecule has 2 rings (SSSR count). The number of hydrogen-bond donors (Lipinski definition) is 2. The second-order valence-electron chi connectivity index (χ2n) is 4.66. The van der Waals surface area contributed by atoms with Crippen LogP contribution < -0.4 is 11.1 Å². The second kappa shape index (κ2) is 5.70. The number of rotatable bonds is 4. The number of nitrogens with zero attached hydrogens (tertiary/aromatic N) is 2. The Morgan fingerprint density at radius 2 is 2.24 bits per heavy atom. The zero-order valence-electron chi connectivity index (χ0n) is 10.1. The van der Waals surface area contributed by atoms with E-state index in [1.165, 1.54) is 19.3 Å². The molecule has 1 amide bonds. The van der Waals surface area contributed by atoms with Gasteiger partial charge in [0, 0.05) is 18.7 Å². The first-order valence-corrected chi connectivity index (χ1v) is 6.31. The molecule has 1 saturated carbocycles. The second-order valence-corrected chi connectivity index (χ2v) is 4.66. The largest absolute Gasteiger partial charge is 0.396 e. The summed E-state index contributed by atoms with van der Waals surface area (Å²) in [7, 11) is 0. The first-order valence-electron chi connectivity index (χ1n) is 6.31. The number of nitrogen functional groups attached to an aromatic ring is 1. The summed E-state index contributed by atoms with van der Waals surface area (Å²) in [5, 5.41) is 7.04. The summed E-state index contributed by atoms with van der Waals surface area (Å²) in [6.45, 7) is 1.30. The highest BCUT2D eigenvalue weighted by Gasteiger charge is 2.20. The molecule has 1 aromatic heterocycles. The van der Waals surface area contributed by atoms with Crippen molar-refractivity contribution in [3.05, 3.63) is 12.4 Å². The summed E-state index contributed by atoms with van der Waals surface area (Å²) in [5.74, 6) is 0.427. The van der Waals surface area contributed by atoms with Crippen molar-refractivity contribution in [3.8, 4) is 0 Å². The molecule has 0 saturated heterocycles. The van der Waals surface area contributed by atoms with E-state index in [0.29, 0.717) is 18.8 Å². The molecule has 1 fully saturated rings. The van der Waals surface area contributed by atoms with Gasteiger partial charge in [-0.3, -0.25) is 9.48 Å². The molecule has 0 atom stereocenters. The van der Waals surface area contributed by atoms with Gasteiger partial charge in [0.25, 0.3) is 0 Å². The average molecular weight is 236 g/mol. The van der Waals surface area contributed by atoms with E-state index in [1.807, 2.05) is 0 Å². The Labute approximate surface area is 101 Å². The van der Waals surface area contributed by atoms with E-state index in [0.717, 1.165) is 12.8 Å². The number of hydrogen-bond acceptors (Lipinski definition) is 3. The van der Waals surface area contributed by atoms with Gasteiger partial charge in [0.2, 0.25) is 5.91 Å². The predicted molar refractivity (Wildman–Crippen MR) is 66.2 cm³/mol. The predicted octanol–water partition coefficient (Wildman–Crippen LogP) is 1.16. The molecule has 5 nitrogen and oxygen atoms in total. The van der Waals surface area contributed by atoms with E-state index in [1.54, 1.807) is 17.1 Å². The molecule has 1 heterocycles. The van der Waals surface area contributed by atoms with E-state index in [2.05, 4.69) is 10.4 Å². The molecule has 3 N–H and O–H groups in total. The van der Waals surface area contributed by atoms with E-state index < -0.39 is 0 Å². The smallest absolute Gasteiger partial charge is 0.223 e. The highest BCUT2D eigenvalue weighted by molar-refractivity contribution is 5.78. The van der Waals surface area contributed by atoms with Crippen LogP contribution >= 0.6 is 0 Å². The van der Waals surface area contributed by atoms with Gasteiger partial charge >= 0.3 is 0 Å². The number of aromatic nitrogens is 2. The van der Waals surface area contributed by atoms with Crippen LogP contribution in [-0.2, 0) is 11.3 Å². The minimum atomic E-state index is 0.199. The molecular weight excluding hydrogens is 216 g/mol. The molecule has 1 aliphatic rings. The Balaban J connectivity index is 1.69. The van der Waals surface area contributed by atoms with Gasteiger partial charge in [-0.1, -0.05) is 19.3 Å². The van der Waals surface area contributed by atoms with Crippen LogP contribution in [0.2, 0.25) is 0 Å². The van der Waals surface area contributed by atoms with Crippen LogP contribution in [0.3, 0.4) is 0 Å². The third-order valence-corrected chi connectivity index (χ3v) is 3.27. The Morgan fingerprint density at radius 3 is 2.88 bits per heavy atom. The lowest BCUT2D eigenvalue weighted by Crippen LogP contribution is -2.34. The van der Waals surface area contributed by atoms with Gasteiger partial charge in [-0.05, 0) is 12.8 Å². The van der Waals surface area contributed by atoms with Gasteiger partial charge in [0.15, 0.2) is 0 Å². The highest BCUT2D eigenvalue weighted by Crippen LogP contribution is 2.23. The van der Waals surface area contributed by atoms with Crippen LogP contribution in [0.15, 0.2) is 12.4 Å². The molecule has 0 aromatic carbocycles. The van der Waals surface area contributed by atoms with Crippen molar-refractivity contribution >= 4 is 11.6 Å². The summed E-state index contributed by atoms with van der Waals surface area (Å²) in [4.78, 5) is 11.8. The topological polar surface area (TPSA) is 72.9 Å². The number of nitrogens with two attached hydrogens (primary N) is 1. The van der Waals surface area contributed by atoms with Crippen molar-refractivity contribution in [1.82, 2.24) is 15.1 Å². The van der Waals surface area contributed by atoms with Gasteiger partial charge in [0.05, 0.1) is 18.4 Å². The van der Waals surface area contributed by atoms with Crippen LogP contribution in [-0.4, -0.2) is 22.2 Å². The maximum atomic E-state index is 11.8. The minimum Gasteiger partial charge on any atom is -0.396 e. The minimum absolute atomic E-state index is 0.199. The van der Waals surface area contributed by atoms with Crippen molar-refractivity contribution in [2.45, 2.75) is 38.6 Å². The molecule has 5 heteroatoms. The Kier molecular flexibility index (Phi) is 4.01. The fraction of sp³-hybridized carbons (Fsp3) is 0.667. The summed E-state index contributed by atoms with van der Waals surface area (Å²) in [6, 6.07) is 0. The Morgan fingerprint density at radius 1 is 1.47 bits per heavy atom. The molecule has 0 spiro atoms. The normalized spacial score (nSPS) is 16.9. The van der Waals surface area contributed by atoms with Crippen molar-refractivity contribution < 1.29 is 4.79 Å². The first-order chi connectivity index (χ1) is 8.25. The Bertz CT molecular complexity index is 368. The van der Waals surface area contributed by atoms with Crippen molar-refractivity contribution in [2.24, 2.45) is 5.92 Å². The van der Waals surface area contributed by atoms with E-state index in [9.17, 15) is 4.79 Å². The molecule has 0 bridgehead atoms. The van der Waals surface area contributed by atoms with Gasteiger partial charge in [-0.25, -0.2) is 0 Å². The summed E-state index contributed by atoms with van der Waals surface area (Å²) >= 11 is 0. The number of anilines is 1. The van der Waals surface area contributed by atoms with Gasteiger partial charge in [-0.2, -0.15) is 5.10 Å². The van der Waals surface area contributed by atoms with Crippen LogP contribution in [0.1, 0.15) is 32.1 Å². The van der Waals surface area contributed by atoms with Crippen LogP contribution in [0.5, 0.6) is 0 Å². The summed E-state index contributed by atoms with van der Waals surface area (Å²) in [6.07, 6.45) is 9.12. The van der Waals surface area contributed by atoms with E-state index >= 15 is 0 Å². The fourth-order valence-electron chi connectivity index (χ4n) is 2.30. The van der Waals surface area contributed by atoms with Crippen molar-refractivity contribution in [2.75, 3.05) is 12.3 Å². The molecule has 17 heavy (non-hydrogen) atoms. The van der Waals surface area contributed by atoms with E-state index in [4.69, 9.17) is 5.73 Å². The zero-order valence-corrected chi connectivity index (χ0v) is 10.1. The highest BCUT2D eigenvalue weighted by atomic mass is 16.1. The van der Waals surface area contributed by atoms with Crippen LogP contribution in [0, 0.1) is 5.92 Å². The van der Waals surface area contributed by atoms with Crippen LogP contribution in [0.25, 0.3) is 0 Å². The molecule has 0 unspecified atom stereocenters. The maximum absolute atomic E-state index is 11.8. The average Bonchev–Trinajstić information content (AvgIpc) is 2.76. The monoisotopic (exact) mass is 236 g/mol. The fourth-order valence-corrected chi connectivity index (χ4v) is 2.30. The quantitative estimate of drug-likeness (QED) is 0.824. The number of carbonyl (C=O) groups is 1. The standard InChI is InChI=1S/C12H20N4O/c13-11-8-15-16(9-11)7-6-14-12(17)10-4-2-1-3-5-10/h8-10H,1-7,13H2,(H,14,17). The van der Waals surface area contributed by atoms with Crippen LogP contribution in [0.4, 0.5) is 5.69 Å². The zero-order chi connectivity index (χ0) is 12.1. The van der Waals surface area contributed by atoms with Crippen molar-refractivity contribution in [3.63, 3.8) is 0 Å². The van der Waals surface area contributed by atoms with E-state index in [-0.39, 0.29) is 11.8 Å². The third-order valence-electron chi connectivity index (χ3n) is 3.27. The number of carbonyl (C=O) groups excluding carboxylic acids is 1. The van der Waals surface area contributed by atoms with Gasteiger partial charge in [0.1, 0.15) is 0 Å². The first kappa shape index (κ1) is 12.0. The molecule has 1 aliphatic carbocycles. The number of nitrogens with one attached hydrogen (secondary N) is 1. The maximum Gasteiger partial charge on any atom is 0.223 e. The lowest BCUT2D eigenvalue weighted by atomic mass is 9.89. The Hall–Kier alpha value is -1.52. The molecule has 94 valence electrons. The molecule has 1 aromatic rings. The third kappa shape index (κ3) is 3.47. The lowest BCUT2D eigenvalue weighted by Gasteiger charge is -2.20. The summed E-state index contributed by atoms with van der Waals surface area (Å²) in [5.41, 5.74) is 6.21. The van der Waals surface area contributed by atoms with Crippen molar-refractivity contribution in [1.29, 1.82) is 0 Å².